The summed E-state index contributed by atoms with van der Waals surface area (Å²) in [7, 11) is 0. The Morgan fingerprint density at radius 3 is 3.00 bits per heavy atom. The van der Waals surface area contributed by atoms with Crippen molar-refractivity contribution in [1.82, 2.24) is 0 Å². The molecule has 1 fully saturated rings. The van der Waals surface area contributed by atoms with Crippen LogP contribution in [0.3, 0.4) is 0 Å². The van der Waals surface area contributed by atoms with Gasteiger partial charge in [-0.1, -0.05) is 30.0 Å². The van der Waals surface area contributed by atoms with Crippen LogP contribution >= 0.6 is 11.8 Å². The summed E-state index contributed by atoms with van der Waals surface area (Å²) in [6.45, 7) is 0. The van der Waals surface area contributed by atoms with Gasteiger partial charge in [-0.25, -0.2) is 0 Å². The maximum atomic E-state index is 2.38. The van der Waals surface area contributed by atoms with Crippen LogP contribution in [0.25, 0.3) is 0 Å². The molecule has 0 aromatic heterocycles. The summed E-state index contributed by atoms with van der Waals surface area (Å²) in [5.41, 5.74) is 2.87. The first-order valence-electron chi connectivity index (χ1n) is 4.13. The van der Waals surface area contributed by atoms with Crippen molar-refractivity contribution < 1.29 is 0 Å². The van der Waals surface area contributed by atoms with E-state index in [-0.39, 0.29) is 0 Å². The second kappa shape index (κ2) is 2.30. The minimum Gasteiger partial charge on any atom is -0.326 e. The highest BCUT2D eigenvalue weighted by molar-refractivity contribution is 8.04. The van der Waals surface area contributed by atoms with E-state index < -0.39 is 0 Å². The number of rotatable bonds is 0. The molecule has 1 saturated heterocycles. The first-order valence-corrected chi connectivity index (χ1v) is 5.12. The molecule has 0 amide bonds. The first kappa shape index (κ1) is 6.61. The molecule has 2 aliphatic heterocycles. The number of allylic oxidation sites excluding steroid dienone is 1. The van der Waals surface area contributed by atoms with E-state index >= 15 is 0 Å². The molecule has 0 atom stereocenters. The Kier molecular flexibility index (Phi) is 1.27. The van der Waals surface area contributed by atoms with Crippen molar-refractivity contribution in [2.45, 2.75) is 6.42 Å². The van der Waals surface area contributed by atoms with Crippen LogP contribution in [0.1, 0.15) is 5.56 Å². The average Bonchev–Trinajstić information content (AvgIpc) is 2.05. The number of para-hydroxylation sites is 1. The lowest BCUT2D eigenvalue weighted by molar-refractivity contribution is 1.02. The van der Waals surface area contributed by atoms with Crippen molar-refractivity contribution in [3.63, 3.8) is 0 Å². The molecular formula is C10H9NS. The van der Waals surface area contributed by atoms with Gasteiger partial charge in [0.1, 0.15) is 0 Å². The fourth-order valence-electron chi connectivity index (χ4n) is 1.71. The molecule has 1 aromatic rings. The van der Waals surface area contributed by atoms with Crippen molar-refractivity contribution >= 4 is 17.4 Å². The Morgan fingerprint density at radius 1 is 1.25 bits per heavy atom. The Morgan fingerprint density at radius 2 is 2.17 bits per heavy atom. The summed E-state index contributed by atoms with van der Waals surface area (Å²) < 4.78 is 0. The van der Waals surface area contributed by atoms with Gasteiger partial charge in [0, 0.05) is 5.69 Å². The zero-order valence-corrected chi connectivity index (χ0v) is 7.47. The minimum atomic E-state index is 1.11. The van der Waals surface area contributed by atoms with Gasteiger partial charge in [0.2, 0.25) is 0 Å². The van der Waals surface area contributed by atoms with E-state index in [4.69, 9.17) is 0 Å². The summed E-state index contributed by atoms with van der Waals surface area (Å²) in [4.78, 5) is 2.38. The van der Waals surface area contributed by atoms with Gasteiger partial charge in [-0.2, -0.15) is 0 Å². The molecule has 0 radical (unpaired) electrons. The van der Waals surface area contributed by atoms with E-state index in [0.29, 0.717) is 0 Å². The summed E-state index contributed by atoms with van der Waals surface area (Å²) in [5, 5.41) is 1.44. The topological polar surface area (TPSA) is 3.24 Å². The largest absolute Gasteiger partial charge is 0.326 e. The summed E-state index contributed by atoms with van der Waals surface area (Å²) in [6.07, 6.45) is 3.42. The predicted octanol–water partition coefficient (Wildman–Crippen LogP) is 2.59. The molecule has 0 spiro atoms. The van der Waals surface area contributed by atoms with Crippen LogP contribution in [0.2, 0.25) is 0 Å². The Balaban J connectivity index is 2.14. The van der Waals surface area contributed by atoms with Gasteiger partial charge >= 0.3 is 0 Å². The molecule has 0 N–H and O–H groups in total. The Hall–Kier alpha value is -0.890. The van der Waals surface area contributed by atoms with Crippen molar-refractivity contribution in [3.8, 4) is 0 Å². The lowest BCUT2D eigenvalue weighted by Gasteiger charge is -2.39. The third-order valence-electron chi connectivity index (χ3n) is 2.39. The highest BCUT2D eigenvalue weighted by Crippen LogP contribution is 2.42. The fourth-order valence-corrected chi connectivity index (χ4v) is 2.55. The molecule has 1 aromatic carbocycles. The molecule has 60 valence electrons. The van der Waals surface area contributed by atoms with Crippen molar-refractivity contribution in [2.75, 3.05) is 10.8 Å². The van der Waals surface area contributed by atoms with Gasteiger partial charge in [0.05, 0.1) is 10.9 Å². The van der Waals surface area contributed by atoms with Crippen LogP contribution in [0, 0.1) is 0 Å². The second-order valence-corrected chi connectivity index (χ2v) is 4.04. The van der Waals surface area contributed by atoms with E-state index in [1.54, 1.807) is 0 Å². The average molecular weight is 175 g/mol. The molecule has 1 nitrogen and oxygen atoms in total. The number of fused-ring (bicyclic) bond motifs is 3. The molecule has 2 heterocycles. The van der Waals surface area contributed by atoms with E-state index in [9.17, 15) is 0 Å². The molecule has 0 saturated carbocycles. The third kappa shape index (κ3) is 0.758. The number of thioether (sulfide) groups is 1. The first-order chi connectivity index (χ1) is 5.95. The van der Waals surface area contributed by atoms with Gasteiger partial charge in [-0.05, 0) is 24.1 Å². The lowest BCUT2D eigenvalue weighted by Crippen LogP contribution is -2.32. The standard InChI is InChI=1S/C10H9NS/c1-2-4-9-8(3-1)5-6-10-11(9)7-12-10/h1-4,6H,5,7H2. The van der Waals surface area contributed by atoms with Gasteiger partial charge in [0.25, 0.3) is 0 Å². The van der Waals surface area contributed by atoms with Crippen LogP contribution in [-0.4, -0.2) is 5.88 Å². The Bertz CT molecular complexity index is 357. The summed E-state index contributed by atoms with van der Waals surface area (Å²) in [6, 6.07) is 8.66. The van der Waals surface area contributed by atoms with Gasteiger partial charge in [0.15, 0.2) is 0 Å². The number of benzene rings is 1. The second-order valence-electron chi connectivity index (χ2n) is 3.08. The lowest BCUT2D eigenvalue weighted by atomic mass is 10.1. The van der Waals surface area contributed by atoms with E-state index in [2.05, 4.69) is 35.2 Å². The van der Waals surface area contributed by atoms with Crippen LogP contribution in [-0.2, 0) is 6.42 Å². The van der Waals surface area contributed by atoms with Crippen LogP contribution in [0.5, 0.6) is 0 Å². The molecule has 0 unspecified atom stereocenters. The highest BCUT2D eigenvalue weighted by Gasteiger charge is 2.26. The number of anilines is 1. The maximum Gasteiger partial charge on any atom is 0.0753 e. The zero-order chi connectivity index (χ0) is 7.97. The van der Waals surface area contributed by atoms with Gasteiger partial charge in [-0.3, -0.25) is 0 Å². The zero-order valence-electron chi connectivity index (χ0n) is 6.66. The molecule has 2 heteroatoms. The van der Waals surface area contributed by atoms with Crippen LogP contribution < -0.4 is 4.90 Å². The molecule has 3 rings (SSSR count). The van der Waals surface area contributed by atoms with Crippen molar-refractivity contribution in [3.05, 3.63) is 40.9 Å². The molecule has 0 bridgehead atoms. The molecule has 0 aliphatic carbocycles. The summed E-state index contributed by atoms with van der Waals surface area (Å²) in [5.74, 6) is 1.13. The van der Waals surface area contributed by atoms with Crippen molar-refractivity contribution in [1.29, 1.82) is 0 Å². The fraction of sp³-hybridized carbons (Fsp3) is 0.200. The third-order valence-corrected chi connectivity index (χ3v) is 3.46. The van der Waals surface area contributed by atoms with E-state index in [1.807, 2.05) is 11.8 Å². The van der Waals surface area contributed by atoms with Gasteiger partial charge in [-0.15, -0.1) is 0 Å². The van der Waals surface area contributed by atoms with Crippen LogP contribution in [0.4, 0.5) is 5.69 Å². The maximum absolute atomic E-state index is 2.38. The van der Waals surface area contributed by atoms with Crippen LogP contribution in [0.15, 0.2) is 35.4 Å². The predicted molar refractivity (Wildman–Crippen MR) is 53.2 cm³/mol. The van der Waals surface area contributed by atoms with Gasteiger partial charge < -0.3 is 4.90 Å². The normalized spacial score (nSPS) is 19.0. The minimum absolute atomic E-state index is 1.11. The molecule has 2 aliphatic rings. The molecule has 12 heavy (non-hydrogen) atoms. The number of hydrogen-bond acceptors (Lipinski definition) is 2. The van der Waals surface area contributed by atoms with E-state index in [1.165, 1.54) is 16.3 Å². The van der Waals surface area contributed by atoms with Crippen molar-refractivity contribution in [2.24, 2.45) is 0 Å². The monoisotopic (exact) mass is 175 g/mol. The quantitative estimate of drug-likeness (QED) is 0.596. The SMILES string of the molecule is C1=C2SCN2c2ccccc2C1. The smallest absolute Gasteiger partial charge is 0.0753 e. The molecular weight excluding hydrogens is 166 g/mol. The summed E-state index contributed by atoms with van der Waals surface area (Å²) >= 11 is 1.94. The highest BCUT2D eigenvalue weighted by atomic mass is 32.2. The van der Waals surface area contributed by atoms with E-state index in [0.717, 1.165) is 12.3 Å². The Labute approximate surface area is 76.1 Å². The number of nitrogens with zero attached hydrogens (tertiary/aromatic N) is 1. The number of hydrogen-bond donors (Lipinski definition) is 0.